The third kappa shape index (κ3) is 3.14. The molecule has 4 nitrogen and oxygen atoms in total. The minimum atomic E-state index is -0.303. The van der Waals surface area contributed by atoms with E-state index in [-0.39, 0.29) is 12.6 Å². The summed E-state index contributed by atoms with van der Waals surface area (Å²) in [6, 6.07) is 0. The largest absolute Gasteiger partial charge is 0.456 e. The van der Waals surface area contributed by atoms with Crippen molar-refractivity contribution in [2.45, 2.75) is 33.3 Å². The van der Waals surface area contributed by atoms with Crippen LogP contribution in [0.4, 0.5) is 0 Å². The highest BCUT2D eigenvalue weighted by Gasteiger charge is 2.13. The molecule has 6 heteroatoms. The Hall–Kier alpha value is -1.27. The molecular weight excluding hydrogens is 268 g/mol. The standard InChI is InChI=1S/C12H14N2O2S2/c1-3-4-11-13-5-9(18-11)12(15)16-6-10-8(2)14-7-17-10/h5,7H,3-4,6H2,1-2H3. The molecule has 0 aliphatic heterocycles. The fourth-order valence-electron chi connectivity index (χ4n) is 1.40. The maximum Gasteiger partial charge on any atom is 0.350 e. The Bertz CT molecular complexity index is 534. The van der Waals surface area contributed by atoms with Crippen molar-refractivity contribution in [3.8, 4) is 0 Å². The van der Waals surface area contributed by atoms with Crippen molar-refractivity contribution < 1.29 is 9.53 Å². The Labute approximate surface area is 114 Å². The Morgan fingerprint density at radius 1 is 1.44 bits per heavy atom. The predicted octanol–water partition coefficient (Wildman–Crippen LogP) is 3.22. The highest BCUT2D eigenvalue weighted by atomic mass is 32.1. The van der Waals surface area contributed by atoms with Gasteiger partial charge in [-0.15, -0.1) is 22.7 Å². The monoisotopic (exact) mass is 282 g/mol. The lowest BCUT2D eigenvalue weighted by Crippen LogP contribution is -2.02. The van der Waals surface area contributed by atoms with Crippen LogP contribution in [0.2, 0.25) is 0 Å². The highest BCUT2D eigenvalue weighted by Crippen LogP contribution is 2.18. The number of carbonyl (C=O) groups is 1. The Morgan fingerprint density at radius 2 is 2.28 bits per heavy atom. The lowest BCUT2D eigenvalue weighted by Gasteiger charge is -2.00. The molecule has 0 spiro atoms. The Morgan fingerprint density at radius 3 is 2.94 bits per heavy atom. The zero-order valence-electron chi connectivity index (χ0n) is 10.3. The van der Waals surface area contributed by atoms with E-state index in [1.165, 1.54) is 22.7 Å². The molecule has 0 amide bonds. The van der Waals surface area contributed by atoms with Gasteiger partial charge in [0, 0.05) is 0 Å². The third-order valence-electron chi connectivity index (χ3n) is 2.40. The van der Waals surface area contributed by atoms with Crippen molar-refractivity contribution in [1.82, 2.24) is 9.97 Å². The molecule has 0 aliphatic rings. The zero-order valence-corrected chi connectivity index (χ0v) is 11.9. The van der Waals surface area contributed by atoms with Crippen LogP contribution in [-0.4, -0.2) is 15.9 Å². The number of carbonyl (C=O) groups excluding carboxylic acids is 1. The molecule has 0 saturated heterocycles. The zero-order chi connectivity index (χ0) is 13.0. The molecule has 0 radical (unpaired) electrons. The van der Waals surface area contributed by atoms with Crippen LogP contribution < -0.4 is 0 Å². The number of ether oxygens (including phenoxy) is 1. The first-order valence-electron chi connectivity index (χ1n) is 5.71. The van der Waals surface area contributed by atoms with Crippen LogP contribution in [-0.2, 0) is 17.8 Å². The van der Waals surface area contributed by atoms with Gasteiger partial charge >= 0.3 is 5.97 Å². The van der Waals surface area contributed by atoms with E-state index in [1.54, 1.807) is 11.7 Å². The summed E-state index contributed by atoms with van der Waals surface area (Å²) in [5.41, 5.74) is 2.67. The molecule has 0 atom stereocenters. The van der Waals surface area contributed by atoms with Crippen molar-refractivity contribution >= 4 is 28.6 Å². The number of hydrogen-bond acceptors (Lipinski definition) is 6. The minimum absolute atomic E-state index is 0.288. The summed E-state index contributed by atoms with van der Waals surface area (Å²) in [5, 5.41) is 0.985. The first-order valence-corrected chi connectivity index (χ1v) is 7.41. The molecule has 96 valence electrons. The van der Waals surface area contributed by atoms with Gasteiger partial charge < -0.3 is 4.74 Å². The molecule has 2 aromatic heterocycles. The molecule has 0 aromatic carbocycles. The SMILES string of the molecule is CCCc1ncc(C(=O)OCc2scnc2C)s1. The first kappa shape index (κ1) is 13.2. The van der Waals surface area contributed by atoms with Gasteiger partial charge in [0.1, 0.15) is 11.5 Å². The molecule has 18 heavy (non-hydrogen) atoms. The topological polar surface area (TPSA) is 52.1 Å². The van der Waals surface area contributed by atoms with Crippen LogP contribution >= 0.6 is 22.7 Å². The van der Waals surface area contributed by atoms with E-state index in [0.29, 0.717) is 4.88 Å². The number of rotatable bonds is 5. The van der Waals surface area contributed by atoms with Crippen LogP contribution in [0.5, 0.6) is 0 Å². The molecule has 2 heterocycles. The van der Waals surface area contributed by atoms with Crippen LogP contribution in [0.1, 0.15) is 38.6 Å². The first-order chi connectivity index (χ1) is 8.70. The fraction of sp³-hybridized carbons (Fsp3) is 0.417. The quantitative estimate of drug-likeness (QED) is 0.790. The summed E-state index contributed by atoms with van der Waals surface area (Å²) in [6.07, 6.45) is 3.53. The minimum Gasteiger partial charge on any atom is -0.456 e. The van der Waals surface area contributed by atoms with Gasteiger partial charge in [-0.3, -0.25) is 0 Å². The molecule has 0 saturated carbocycles. The smallest absolute Gasteiger partial charge is 0.350 e. The van der Waals surface area contributed by atoms with E-state index in [4.69, 9.17) is 4.74 Å². The average molecular weight is 282 g/mol. The predicted molar refractivity (Wildman–Crippen MR) is 72.1 cm³/mol. The van der Waals surface area contributed by atoms with E-state index in [1.807, 2.05) is 6.92 Å². The van der Waals surface area contributed by atoms with E-state index in [2.05, 4.69) is 16.9 Å². The van der Waals surface area contributed by atoms with Gasteiger partial charge in [0.15, 0.2) is 0 Å². The second-order valence-electron chi connectivity index (χ2n) is 3.81. The fourth-order valence-corrected chi connectivity index (χ4v) is 3.00. The van der Waals surface area contributed by atoms with Gasteiger partial charge in [-0.25, -0.2) is 14.8 Å². The van der Waals surface area contributed by atoms with Gasteiger partial charge in [-0.1, -0.05) is 6.92 Å². The molecule has 0 unspecified atom stereocenters. The average Bonchev–Trinajstić information content (AvgIpc) is 2.96. The van der Waals surface area contributed by atoms with Crippen molar-refractivity contribution in [2.24, 2.45) is 0 Å². The molecular formula is C12H14N2O2S2. The van der Waals surface area contributed by atoms with Crippen LogP contribution in [0.25, 0.3) is 0 Å². The maximum absolute atomic E-state index is 11.8. The molecule has 2 aromatic rings. The highest BCUT2D eigenvalue weighted by molar-refractivity contribution is 7.13. The summed E-state index contributed by atoms with van der Waals surface area (Å²) in [6.45, 7) is 4.29. The summed E-state index contributed by atoms with van der Waals surface area (Å²) < 4.78 is 5.25. The summed E-state index contributed by atoms with van der Waals surface area (Å²) in [4.78, 5) is 21.7. The summed E-state index contributed by atoms with van der Waals surface area (Å²) >= 11 is 2.91. The maximum atomic E-state index is 11.8. The van der Waals surface area contributed by atoms with E-state index >= 15 is 0 Å². The number of nitrogens with zero attached hydrogens (tertiary/aromatic N) is 2. The van der Waals surface area contributed by atoms with E-state index in [9.17, 15) is 4.79 Å². The normalized spacial score (nSPS) is 10.6. The van der Waals surface area contributed by atoms with Crippen LogP contribution in [0.15, 0.2) is 11.7 Å². The number of aryl methyl sites for hydroxylation is 2. The third-order valence-corrected chi connectivity index (χ3v) is 4.34. The summed E-state index contributed by atoms with van der Waals surface area (Å²) in [5.74, 6) is -0.303. The molecule has 0 N–H and O–H groups in total. The van der Waals surface area contributed by atoms with Gasteiger partial charge in [-0.2, -0.15) is 0 Å². The number of aromatic nitrogens is 2. The van der Waals surface area contributed by atoms with Gasteiger partial charge in [0.25, 0.3) is 0 Å². The summed E-state index contributed by atoms with van der Waals surface area (Å²) in [7, 11) is 0. The molecule has 0 aliphatic carbocycles. The van der Waals surface area contributed by atoms with Gasteiger partial charge in [0.2, 0.25) is 0 Å². The molecule has 2 rings (SSSR count). The van der Waals surface area contributed by atoms with Crippen LogP contribution in [0.3, 0.4) is 0 Å². The van der Waals surface area contributed by atoms with Crippen molar-refractivity contribution in [1.29, 1.82) is 0 Å². The van der Waals surface area contributed by atoms with Gasteiger partial charge in [0.05, 0.1) is 27.3 Å². The van der Waals surface area contributed by atoms with Gasteiger partial charge in [-0.05, 0) is 19.8 Å². The Balaban J connectivity index is 1.93. The Kier molecular flexibility index (Phi) is 4.43. The van der Waals surface area contributed by atoms with Crippen molar-refractivity contribution in [3.05, 3.63) is 32.2 Å². The van der Waals surface area contributed by atoms with Crippen molar-refractivity contribution in [3.63, 3.8) is 0 Å². The lowest BCUT2D eigenvalue weighted by atomic mass is 10.4. The number of hydrogen-bond donors (Lipinski definition) is 0. The van der Waals surface area contributed by atoms with Crippen LogP contribution in [0, 0.1) is 6.92 Å². The van der Waals surface area contributed by atoms with Crippen molar-refractivity contribution in [2.75, 3.05) is 0 Å². The second-order valence-corrected chi connectivity index (χ2v) is 5.86. The van der Waals surface area contributed by atoms with E-state index < -0.39 is 0 Å². The lowest BCUT2D eigenvalue weighted by molar-refractivity contribution is 0.0481. The molecule has 0 fully saturated rings. The second kappa shape index (κ2) is 6.06. The molecule has 0 bridgehead atoms. The number of esters is 1. The van der Waals surface area contributed by atoms with E-state index in [0.717, 1.165) is 28.4 Å². The number of thiazole rings is 2.